The van der Waals surface area contributed by atoms with E-state index in [0.29, 0.717) is 0 Å². The number of Topliss-reactive ketones (excluding diaryl/α,β-unsaturated/α-hetero) is 1. The van der Waals surface area contributed by atoms with Crippen molar-refractivity contribution in [3.05, 3.63) is 40.7 Å². The van der Waals surface area contributed by atoms with Crippen LogP contribution in [0.5, 0.6) is 5.75 Å². The van der Waals surface area contributed by atoms with Gasteiger partial charge in [0.2, 0.25) is 53.1 Å². The molecule has 1 aromatic rings. The third kappa shape index (κ3) is 9.12. The second-order valence-electron chi connectivity index (χ2n) is 8.66. The number of ether oxygens (including phenoxy) is 6. The maximum Gasteiger partial charge on any atom is 0.311 e. The molecule has 0 unspecified atom stereocenters. The summed E-state index contributed by atoms with van der Waals surface area (Å²) in [6.07, 6.45) is -5.20. The van der Waals surface area contributed by atoms with E-state index >= 15 is 0 Å². The van der Waals surface area contributed by atoms with Crippen LogP contribution in [0, 0.1) is 29.1 Å². The number of ketones is 1. The molecule has 0 aromatic heterocycles. The molecular formula is C25H26F5NO11. The lowest BCUT2D eigenvalue weighted by Gasteiger charge is -2.38. The van der Waals surface area contributed by atoms with E-state index in [1.807, 2.05) is 0 Å². The second-order valence-corrected chi connectivity index (χ2v) is 8.66. The number of carbonyl (C=O) groups excluding carboxylic acids is 5. The van der Waals surface area contributed by atoms with Gasteiger partial charge in [-0.15, -0.1) is 0 Å². The van der Waals surface area contributed by atoms with Crippen molar-refractivity contribution >= 4 is 29.6 Å². The van der Waals surface area contributed by atoms with Gasteiger partial charge in [0.25, 0.3) is 0 Å². The molecule has 0 aliphatic carbocycles. The number of hydrogen-bond donors (Lipinski definition) is 1. The van der Waals surface area contributed by atoms with Gasteiger partial charge in [0.15, 0.2) is 11.9 Å². The topological polar surface area (TPSA) is 153 Å². The molecule has 1 heterocycles. The van der Waals surface area contributed by atoms with Crippen molar-refractivity contribution in [2.24, 2.45) is 0 Å². The monoisotopic (exact) mass is 611 g/mol. The maximum absolute atomic E-state index is 13.7. The molecule has 0 fully saturated rings. The zero-order chi connectivity index (χ0) is 31.7. The molecule has 0 radical (unpaired) electrons. The van der Waals surface area contributed by atoms with Crippen LogP contribution in [-0.4, -0.2) is 61.3 Å². The predicted molar refractivity (Wildman–Crippen MR) is 125 cm³/mol. The van der Waals surface area contributed by atoms with Gasteiger partial charge in [-0.2, -0.15) is 8.78 Å². The Kier molecular flexibility index (Phi) is 12.2. The van der Waals surface area contributed by atoms with E-state index in [9.17, 15) is 45.9 Å². The highest BCUT2D eigenvalue weighted by Crippen LogP contribution is 2.31. The molecule has 1 aliphatic heterocycles. The molecular weight excluding hydrogens is 585 g/mol. The summed E-state index contributed by atoms with van der Waals surface area (Å²) in [5.74, 6) is -18.0. The highest BCUT2D eigenvalue weighted by Gasteiger charge is 2.47. The molecule has 0 saturated carbocycles. The first-order valence-corrected chi connectivity index (χ1v) is 12.1. The van der Waals surface area contributed by atoms with Crippen LogP contribution in [-0.2, 0) is 47.7 Å². The number of esters is 3. The molecule has 3 atom stereocenters. The lowest BCUT2D eigenvalue weighted by Crippen LogP contribution is -2.53. The number of nitrogens with one attached hydrogen (secondary N) is 1. The number of carbonyl (C=O) groups is 5. The van der Waals surface area contributed by atoms with Gasteiger partial charge in [-0.1, -0.05) is 0 Å². The fourth-order valence-electron chi connectivity index (χ4n) is 3.40. The summed E-state index contributed by atoms with van der Waals surface area (Å²) >= 11 is 0. The van der Waals surface area contributed by atoms with Crippen molar-refractivity contribution < 1.29 is 74.3 Å². The van der Waals surface area contributed by atoms with E-state index in [2.05, 4.69) is 10.1 Å². The lowest BCUT2D eigenvalue weighted by molar-refractivity contribution is -0.241. The lowest BCUT2D eigenvalue weighted by atomic mass is 10.1. The fourth-order valence-corrected chi connectivity index (χ4v) is 3.40. The van der Waals surface area contributed by atoms with E-state index in [4.69, 9.17) is 23.7 Å². The SMILES string of the molecule is CC(=O)CO[C@H]1OC(OCCCCC(=O)Oc2c(F)c(F)c(F)c(F)c2F)=C(NC(C)=O)[C@@H](OC(C)=O)[C@H]1OC(C)=O. The third-order valence-corrected chi connectivity index (χ3v) is 5.04. The van der Waals surface area contributed by atoms with Crippen molar-refractivity contribution in [3.63, 3.8) is 0 Å². The van der Waals surface area contributed by atoms with E-state index in [1.54, 1.807) is 0 Å². The van der Waals surface area contributed by atoms with Crippen LogP contribution < -0.4 is 10.1 Å². The van der Waals surface area contributed by atoms with Gasteiger partial charge in [0.05, 0.1) is 6.61 Å². The molecule has 1 aliphatic rings. The number of amides is 1. The Hall–Kier alpha value is -4.28. The molecule has 42 heavy (non-hydrogen) atoms. The zero-order valence-electron chi connectivity index (χ0n) is 22.6. The number of benzene rings is 1. The quantitative estimate of drug-likeness (QED) is 0.0875. The van der Waals surface area contributed by atoms with Gasteiger partial charge in [-0.3, -0.25) is 24.0 Å². The third-order valence-electron chi connectivity index (χ3n) is 5.04. The normalized spacial score (nSPS) is 18.1. The van der Waals surface area contributed by atoms with Crippen LogP contribution >= 0.6 is 0 Å². The molecule has 0 bridgehead atoms. The fraction of sp³-hybridized carbons (Fsp3) is 0.480. The number of halogens is 5. The van der Waals surface area contributed by atoms with Crippen molar-refractivity contribution in [1.29, 1.82) is 0 Å². The van der Waals surface area contributed by atoms with Crippen LogP contribution in [0.25, 0.3) is 0 Å². The van der Waals surface area contributed by atoms with E-state index in [0.717, 1.165) is 20.8 Å². The Balaban J connectivity index is 2.16. The summed E-state index contributed by atoms with van der Waals surface area (Å²) in [7, 11) is 0. The minimum absolute atomic E-state index is 0.00298. The molecule has 1 amide bonds. The molecule has 2 rings (SSSR count). The maximum atomic E-state index is 13.7. The highest BCUT2D eigenvalue weighted by molar-refractivity contribution is 5.77. The summed E-state index contributed by atoms with van der Waals surface area (Å²) in [6, 6.07) is 0. The van der Waals surface area contributed by atoms with Gasteiger partial charge in [0.1, 0.15) is 12.3 Å². The first kappa shape index (κ1) is 33.9. The molecule has 17 heteroatoms. The van der Waals surface area contributed by atoms with Gasteiger partial charge in [-0.25, -0.2) is 13.2 Å². The minimum atomic E-state index is -2.41. The summed E-state index contributed by atoms with van der Waals surface area (Å²) in [5, 5.41) is 2.35. The van der Waals surface area contributed by atoms with Crippen LogP contribution in [0.1, 0.15) is 47.0 Å². The smallest absolute Gasteiger partial charge is 0.311 e. The molecule has 0 saturated heterocycles. The average molecular weight is 611 g/mol. The summed E-state index contributed by atoms with van der Waals surface area (Å²) in [5.41, 5.74) is -0.280. The Labute approximate surface area is 235 Å². The van der Waals surface area contributed by atoms with Crippen LogP contribution in [0.3, 0.4) is 0 Å². The van der Waals surface area contributed by atoms with Crippen molar-refractivity contribution in [3.8, 4) is 5.75 Å². The Bertz CT molecular complexity index is 1240. The predicted octanol–water partition coefficient (Wildman–Crippen LogP) is 2.60. The Morgan fingerprint density at radius 1 is 0.810 bits per heavy atom. The van der Waals surface area contributed by atoms with Crippen LogP contribution in [0.4, 0.5) is 22.0 Å². The van der Waals surface area contributed by atoms with Gasteiger partial charge >= 0.3 is 23.9 Å². The number of unbranched alkanes of at least 4 members (excludes halogenated alkanes) is 1. The summed E-state index contributed by atoms with van der Waals surface area (Å²) < 4.78 is 98.3. The first-order chi connectivity index (χ1) is 19.6. The zero-order valence-corrected chi connectivity index (χ0v) is 22.6. The molecule has 1 N–H and O–H groups in total. The second kappa shape index (κ2) is 15.1. The van der Waals surface area contributed by atoms with Crippen molar-refractivity contribution in [1.82, 2.24) is 5.32 Å². The van der Waals surface area contributed by atoms with Gasteiger partial charge in [0, 0.05) is 27.2 Å². The largest absolute Gasteiger partial charge is 0.464 e. The van der Waals surface area contributed by atoms with Crippen molar-refractivity contribution in [2.75, 3.05) is 13.2 Å². The number of hydrogen-bond acceptors (Lipinski definition) is 11. The van der Waals surface area contributed by atoms with E-state index in [-0.39, 0.29) is 25.1 Å². The van der Waals surface area contributed by atoms with Crippen LogP contribution in [0.2, 0.25) is 0 Å². The number of rotatable bonds is 13. The van der Waals surface area contributed by atoms with Crippen LogP contribution in [0.15, 0.2) is 11.6 Å². The molecule has 1 aromatic carbocycles. The Morgan fingerprint density at radius 3 is 1.90 bits per heavy atom. The average Bonchev–Trinajstić information content (AvgIpc) is 2.89. The van der Waals surface area contributed by atoms with Gasteiger partial charge in [-0.05, 0) is 19.8 Å². The van der Waals surface area contributed by atoms with Crippen molar-refractivity contribution in [2.45, 2.75) is 65.5 Å². The first-order valence-electron chi connectivity index (χ1n) is 12.1. The highest BCUT2D eigenvalue weighted by atomic mass is 19.2. The molecule has 0 spiro atoms. The molecule has 232 valence electrons. The van der Waals surface area contributed by atoms with E-state index in [1.165, 1.54) is 6.92 Å². The minimum Gasteiger partial charge on any atom is -0.464 e. The summed E-state index contributed by atoms with van der Waals surface area (Å²) in [6.45, 7) is 3.58. The Morgan fingerprint density at radius 2 is 1.38 bits per heavy atom. The summed E-state index contributed by atoms with van der Waals surface area (Å²) in [4.78, 5) is 58.8. The van der Waals surface area contributed by atoms with E-state index < -0.39 is 102 Å². The molecule has 12 nitrogen and oxygen atoms in total. The standard InChI is InChI=1S/C25H26F5NO11/c1-10(32)9-38-25-23(40-13(4)35)22(39-12(3)34)20(31-11(2)33)24(42-25)37-8-6-5-7-14(36)41-21-18(29)16(27)15(26)17(28)19(21)30/h22-23,25H,5-9H2,1-4H3,(H,31,33)/t22-,23-,25+/m1/s1. The van der Waals surface area contributed by atoms with Gasteiger partial charge < -0.3 is 33.7 Å².